The first-order chi connectivity index (χ1) is 16.4. The van der Waals surface area contributed by atoms with Crippen LogP contribution in [0.1, 0.15) is 22.8 Å². The van der Waals surface area contributed by atoms with Gasteiger partial charge in [-0.2, -0.15) is 9.78 Å². The average Bonchev–Trinajstić information content (AvgIpc) is 3.23. The topological polar surface area (TPSA) is 95.3 Å². The van der Waals surface area contributed by atoms with Gasteiger partial charge in [0.15, 0.2) is 18.2 Å². The lowest BCUT2D eigenvalue weighted by Crippen LogP contribution is -2.23. The summed E-state index contributed by atoms with van der Waals surface area (Å²) in [6, 6.07) is 14.2. The lowest BCUT2D eigenvalue weighted by Gasteiger charge is -2.13. The molecule has 4 aromatic rings. The lowest BCUT2D eigenvalue weighted by atomic mass is 10.1. The Labute approximate surface area is 205 Å². The predicted molar refractivity (Wildman–Crippen MR) is 130 cm³/mol. The first kappa shape index (κ1) is 23.5. The van der Waals surface area contributed by atoms with E-state index in [-0.39, 0.29) is 30.3 Å². The van der Waals surface area contributed by atoms with Crippen molar-refractivity contribution in [3.63, 3.8) is 0 Å². The first-order valence-corrected chi connectivity index (χ1v) is 11.1. The van der Waals surface area contributed by atoms with Gasteiger partial charge in [-0.3, -0.25) is 4.79 Å². The smallest absolute Gasteiger partial charge is 0.343 e. The Morgan fingerprint density at radius 1 is 1.12 bits per heavy atom. The number of rotatable bonds is 7. The lowest BCUT2D eigenvalue weighted by molar-refractivity contribution is -0.118. The molecule has 0 unspecified atom stereocenters. The van der Waals surface area contributed by atoms with Crippen LogP contribution in [0.3, 0.4) is 0 Å². The number of aryl methyl sites for hydroxylation is 1. The molecule has 1 amide bonds. The van der Waals surface area contributed by atoms with E-state index in [9.17, 15) is 9.59 Å². The second-order valence-electron chi connectivity index (χ2n) is 7.27. The third-order valence-corrected chi connectivity index (χ3v) is 5.45. The number of esters is 1. The van der Waals surface area contributed by atoms with Gasteiger partial charge in [0.05, 0.1) is 23.3 Å². The van der Waals surface area contributed by atoms with E-state index in [1.807, 2.05) is 37.3 Å². The number of pyridine rings is 1. The van der Waals surface area contributed by atoms with Gasteiger partial charge in [0.25, 0.3) is 5.91 Å². The summed E-state index contributed by atoms with van der Waals surface area (Å²) in [5.74, 6) is -0.358. The maximum absolute atomic E-state index is 12.7. The van der Waals surface area contributed by atoms with E-state index in [1.165, 1.54) is 16.9 Å². The van der Waals surface area contributed by atoms with Crippen molar-refractivity contribution in [1.82, 2.24) is 14.8 Å². The van der Waals surface area contributed by atoms with Crippen LogP contribution in [0.4, 0.5) is 5.82 Å². The molecule has 0 atom stereocenters. The number of hydrogen-bond donors (Lipinski definition) is 1. The SMILES string of the molecule is CCOC(=O)c1cnn(-c2cc(C)c3ccccc3n2)c1NC(=O)COc1cc(Cl)ccc1Cl. The number of anilines is 1. The molecule has 0 radical (unpaired) electrons. The number of amides is 1. The summed E-state index contributed by atoms with van der Waals surface area (Å²) in [7, 11) is 0. The van der Waals surface area contributed by atoms with Crippen LogP contribution >= 0.6 is 23.2 Å². The van der Waals surface area contributed by atoms with Gasteiger partial charge in [0.2, 0.25) is 0 Å². The number of carbonyl (C=O) groups is 2. The maximum Gasteiger partial charge on any atom is 0.343 e. The molecule has 0 saturated carbocycles. The molecular formula is C24H20Cl2N4O4. The van der Waals surface area contributed by atoms with E-state index in [4.69, 9.17) is 32.7 Å². The Morgan fingerprint density at radius 3 is 2.71 bits per heavy atom. The van der Waals surface area contributed by atoms with Crippen molar-refractivity contribution < 1.29 is 19.1 Å². The number of para-hydroxylation sites is 1. The van der Waals surface area contributed by atoms with Gasteiger partial charge in [-0.15, -0.1) is 0 Å². The van der Waals surface area contributed by atoms with Crippen LogP contribution in [0, 0.1) is 6.92 Å². The summed E-state index contributed by atoms with van der Waals surface area (Å²) in [5.41, 5.74) is 1.80. The molecule has 0 fully saturated rings. The van der Waals surface area contributed by atoms with E-state index in [0.29, 0.717) is 15.9 Å². The Balaban J connectivity index is 1.66. The van der Waals surface area contributed by atoms with E-state index in [0.717, 1.165) is 16.5 Å². The molecule has 2 heterocycles. The molecule has 4 rings (SSSR count). The molecule has 2 aromatic heterocycles. The monoisotopic (exact) mass is 498 g/mol. The van der Waals surface area contributed by atoms with Crippen LogP contribution in [-0.4, -0.2) is 39.9 Å². The highest BCUT2D eigenvalue weighted by Gasteiger charge is 2.23. The van der Waals surface area contributed by atoms with Crippen LogP contribution in [0.25, 0.3) is 16.7 Å². The summed E-state index contributed by atoms with van der Waals surface area (Å²) >= 11 is 12.1. The Kier molecular flexibility index (Phi) is 7.00. The van der Waals surface area contributed by atoms with Gasteiger partial charge in [-0.05, 0) is 43.7 Å². The van der Waals surface area contributed by atoms with E-state index < -0.39 is 11.9 Å². The zero-order chi connectivity index (χ0) is 24.2. The maximum atomic E-state index is 12.7. The summed E-state index contributed by atoms with van der Waals surface area (Å²) in [5, 5.41) is 8.70. The van der Waals surface area contributed by atoms with E-state index in [1.54, 1.807) is 19.1 Å². The molecule has 10 heteroatoms. The van der Waals surface area contributed by atoms with Crippen LogP contribution < -0.4 is 10.1 Å². The molecule has 0 spiro atoms. The fourth-order valence-corrected chi connectivity index (χ4v) is 3.67. The van der Waals surface area contributed by atoms with Crippen LogP contribution in [-0.2, 0) is 9.53 Å². The third kappa shape index (κ3) is 4.98. The number of halogens is 2. The molecule has 0 aliphatic rings. The number of nitrogens with one attached hydrogen (secondary N) is 1. The number of carbonyl (C=O) groups excluding carboxylic acids is 2. The van der Waals surface area contributed by atoms with Crippen LogP contribution in [0.5, 0.6) is 5.75 Å². The normalized spacial score (nSPS) is 10.8. The second kappa shape index (κ2) is 10.1. The van der Waals surface area contributed by atoms with Gasteiger partial charge in [0, 0.05) is 16.5 Å². The van der Waals surface area contributed by atoms with Gasteiger partial charge in [0.1, 0.15) is 11.3 Å². The minimum absolute atomic E-state index is 0.0867. The standard InChI is InChI=1S/C24H20Cl2N4O4/c1-3-33-24(32)17-12-27-30(21-10-14(2)16-6-4-5-7-19(16)28-21)23(17)29-22(31)13-34-20-11-15(25)8-9-18(20)26/h4-12H,3,13H2,1-2H3,(H,29,31). The van der Waals surface area contributed by atoms with Crippen molar-refractivity contribution in [2.45, 2.75) is 13.8 Å². The summed E-state index contributed by atoms with van der Waals surface area (Å²) in [6.07, 6.45) is 1.33. The molecule has 0 aliphatic carbocycles. The van der Waals surface area contributed by atoms with Gasteiger partial charge in [-0.1, -0.05) is 41.4 Å². The molecular weight excluding hydrogens is 479 g/mol. The molecule has 34 heavy (non-hydrogen) atoms. The number of aromatic nitrogens is 3. The number of ether oxygens (including phenoxy) is 2. The quantitative estimate of drug-likeness (QED) is 0.350. The number of fused-ring (bicyclic) bond motifs is 1. The minimum Gasteiger partial charge on any atom is -0.482 e. The number of benzene rings is 2. The minimum atomic E-state index is -0.625. The highest BCUT2D eigenvalue weighted by Crippen LogP contribution is 2.28. The van der Waals surface area contributed by atoms with Crippen LogP contribution in [0.15, 0.2) is 54.7 Å². The largest absolute Gasteiger partial charge is 0.482 e. The number of nitrogens with zero attached hydrogens (tertiary/aromatic N) is 3. The number of hydrogen-bond acceptors (Lipinski definition) is 6. The average molecular weight is 499 g/mol. The highest BCUT2D eigenvalue weighted by molar-refractivity contribution is 6.34. The van der Waals surface area contributed by atoms with Crippen molar-refractivity contribution in [3.8, 4) is 11.6 Å². The molecule has 8 nitrogen and oxygen atoms in total. The van der Waals surface area contributed by atoms with Crippen molar-refractivity contribution in [3.05, 3.63) is 75.9 Å². The van der Waals surface area contributed by atoms with Crippen molar-refractivity contribution in [2.24, 2.45) is 0 Å². The van der Waals surface area contributed by atoms with Gasteiger partial charge in [-0.25, -0.2) is 9.78 Å². The summed E-state index contributed by atoms with van der Waals surface area (Å²) in [4.78, 5) is 29.9. The molecule has 174 valence electrons. The second-order valence-corrected chi connectivity index (χ2v) is 8.11. The Hall–Kier alpha value is -3.62. The Bertz CT molecular complexity index is 1390. The van der Waals surface area contributed by atoms with Crippen LogP contribution in [0.2, 0.25) is 10.0 Å². The summed E-state index contributed by atoms with van der Waals surface area (Å²) in [6.45, 7) is 3.43. The summed E-state index contributed by atoms with van der Waals surface area (Å²) < 4.78 is 12.0. The van der Waals surface area contributed by atoms with Gasteiger partial charge < -0.3 is 14.8 Å². The van der Waals surface area contributed by atoms with Gasteiger partial charge >= 0.3 is 5.97 Å². The molecule has 0 bridgehead atoms. The molecule has 0 aliphatic heterocycles. The molecule has 0 saturated heterocycles. The molecule has 1 N–H and O–H groups in total. The van der Waals surface area contributed by atoms with Crippen molar-refractivity contribution in [1.29, 1.82) is 0 Å². The predicted octanol–water partition coefficient (Wildman–Crippen LogP) is 5.23. The Morgan fingerprint density at radius 2 is 1.91 bits per heavy atom. The fraction of sp³-hybridized carbons (Fsp3) is 0.167. The first-order valence-electron chi connectivity index (χ1n) is 10.4. The highest BCUT2D eigenvalue weighted by atomic mass is 35.5. The third-order valence-electron chi connectivity index (χ3n) is 4.90. The van der Waals surface area contributed by atoms with Crippen molar-refractivity contribution >= 4 is 51.8 Å². The van der Waals surface area contributed by atoms with E-state index >= 15 is 0 Å². The fourth-order valence-electron chi connectivity index (χ4n) is 3.34. The van der Waals surface area contributed by atoms with E-state index in [2.05, 4.69) is 15.4 Å². The zero-order valence-corrected chi connectivity index (χ0v) is 19.9. The zero-order valence-electron chi connectivity index (χ0n) is 18.3. The molecule has 2 aromatic carbocycles. The van der Waals surface area contributed by atoms with Crippen molar-refractivity contribution in [2.75, 3.05) is 18.5 Å².